The number of pyridine rings is 1. The Kier molecular flexibility index (Phi) is 4.83. The summed E-state index contributed by atoms with van der Waals surface area (Å²) in [5.41, 5.74) is 0.926. The molecule has 1 N–H and O–H groups in total. The van der Waals surface area contributed by atoms with Crippen molar-refractivity contribution in [1.29, 1.82) is 0 Å². The first-order valence-electron chi connectivity index (χ1n) is 5.81. The Hall–Kier alpha value is -1.62. The van der Waals surface area contributed by atoms with Gasteiger partial charge in [0.2, 0.25) is 0 Å². The highest BCUT2D eigenvalue weighted by Gasteiger charge is 2.31. The topological polar surface area (TPSA) is 59.1 Å². The van der Waals surface area contributed by atoms with E-state index in [0.29, 0.717) is 5.56 Å². The number of halogens is 3. The van der Waals surface area contributed by atoms with Gasteiger partial charge in [0.1, 0.15) is 0 Å². The van der Waals surface area contributed by atoms with Gasteiger partial charge in [-0.3, -0.25) is 14.6 Å². The molecular formula is C14H9Cl3N2O2. The average molecular weight is 344 g/mol. The summed E-state index contributed by atoms with van der Waals surface area (Å²) in [7, 11) is 0. The Morgan fingerprint density at radius 3 is 2.33 bits per heavy atom. The van der Waals surface area contributed by atoms with Crippen molar-refractivity contribution >= 4 is 52.2 Å². The molecule has 0 fully saturated rings. The number of ketones is 1. The molecule has 0 bridgehead atoms. The number of hydrogen-bond donors (Lipinski definition) is 1. The van der Waals surface area contributed by atoms with Crippen molar-refractivity contribution in [3.05, 3.63) is 59.9 Å². The molecule has 1 heterocycles. The molecule has 108 valence electrons. The van der Waals surface area contributed by atoms with Crippen molar-refractivity contribution in [3.63, 3.8) is 0 Å². The van der Waals surface area contributed by atoms with E-state index in [4.69, 9.17) is 34.8 Å². The van der Waals surface area contributed by atoms with Gasteiger partial charge in [-0.05, 0) is 6.07 Å². The molecule has 0 radical (unpaired) electrons. The van der Waals surface area contributed by atoms with Crippen LogP contribution in [-0.4, -0.2) is 20.5 Å². The maximum Gasteiger partial charge on any atom is 0.276 e. The predicted octanol–water partition coefficient (Wildman–Crippen LogP) is 3.62. The molecule has 21 heavy (non-hydrogen) atoms. The molecule has 0 spiro atoms. The highest BCUT2D eigenvalue weighted by atomic mass is 35.6. The van der Waals surface area contributed by atoms with Gasteiger partial charge in [-0.2, -0.15) is 0 Å². The monoisotopic (exact) mass is 342 g/mol. The predicted molar refractivity (Wildman–Crippen MR) is 83.0 cm³/mol. The van der Waals surface area contributed by atoms with Crippen molar-refractivity contribution < 1.29 is 9.59 Å². The van der Waals surface area contributed by atoms with Gasteiger partial charge in [-0.1, -0.05) is 65.1 Å². The van der Waals surface area contributed by atoms with E-state index in [1.165, 1.54) is 18.5 Å². The third-order valence-electron chi connectivity index (χ3n) is 2.61. The number of anilines is 1. The number of carbonyl (C=O) groups is 2. The van der Waals surface area contributed by atoms with Crippen molar-refractivity contribution in [1.82, 2.24) is 4.98 Å². The molecule has 0 saturated carbocycles. The van der Waals surface area contributed by atoms with Crippen LogP contribution in [0, 0.1) is 0 Å². The number of nitrogens with one attached hydrogen (secondary N) is 1. The molecule has 2 rings (SSSR count). The summed E-state index contributed by atoms with van der Waals surface area (Å²) in [5, 5.41) is 2.38. The molecule has 0 aliphatic carbocycles. The van der Waals surface area contributed by atoms with Gasteiger partial charge in [0.15, 0.2) is 5.78 Å². The largest absolute Gasteiger partial charge is 0.320 e. The zero-order valence-electron chi connectivity index (χ0n) is 10.5. The smallest absolute Gasteiger partial charge is 0.276 e. The molecule has 0 aliphatic heterocycles. The van der Waals surface area contributed by atoms with E-state index < -0.39 is 9.70 Å². The van der Waals surface area contributed by atoms with Gasteiger partial charge < -0.3 is 5.32 Å². The summed E-state index contributed by atoms with van der Waals surface area (Å²) in [6.07, 6.45) is 2.77. The van der Waals surface area contributed by atoms with Crippen LogP contribution in [0.15, 0.2) is 48.8 Å². The number of nitrogens with zero attached hydrogens (tertiary/aromatic N) is 1. The van der Waals surface area contributed by atoms with Gasteiger partial charge in [0.05, 0.1) is 11.9 Å². The Morgan fingerprint density at radius 2 is 1.71 bits per heavy atom. The fourth-order valence-electron chi connectivity index (χ4n) is 1.63. The van der Waals surface area contributed by atoms with Crippen LogP contribution in [0.25, 0.3) is 0 Å². The van der Waals surface area contributed by atoms with Crippen LogP contribution in [0.3, 0.4) is 0 Å². The van der Waals surface area contributed by atoms with E-state index >= 15 is 0 Å². The van der Waals surface area contributed by atoms with Crippen molar-refractivity contribution in [2.24, 2.45) is 0 Å². The van der Waals surface area contributed by atoms with Gasteiger partial charge in [0.25, 0.3) is 9.70 Å². The second kappa shape index (κ2) is 6.43. The first-order valence-corrected chi connectivity index (χ1v) is 6.95. The van der Waals surface area contributed by atoms with E-state index in [1.807, 2.05) is 0 Å². The fourth-order valence-corrected chi connectivity index (χ4v) is 1.77. The minimum Gasteiger partial charge on any atom is -0.320 e. The number of alkyl halides is 3. The lowest BCUT2D eigenvalue weighted by Crippen LogP contribution is -2.28. The normalized spacial score (nSPS) is 11.0. The summed E-state index contributed by atoms with van der Waals surface area (Å²) in [6.45, 7) is 0. The van der Waals surface area contributed by atoms with Gasteiger partial charge in [0, 0.05) is 17.3 Å². The molecule has 2 aromatic rings. The van der Waals surface area contributed by atoms with Crippen LogP contribution in [0.2, 0.25) is 0 Å². The quantitative estimate of drug-likeness (QED) is 0.684. The second-order valence-electron chi connectivity index (χ2n) is 4.07. The zero-order chi connectivity index (χ0) is 15.5. The summed E-state index contributed by atoms with van der Waals surface area (Å²) >= 11 is 16.5. The van der Waals surface area contributed by atoms with Crippen molar-refractivity contribution in [2.75, 3.05) is 5.32 Å². The summed E-state index contributed by atoms with van der Waals surface area (Å²) in [6, 6.07) is 10.1. The van der Waals surface area contributed by atoms with E-state index in [0.717, 1.165) is 0 Å². The Bertz CT molecular complexity index is 669. The van der Waals surface area contributed by atoms with Crippen LogP contribution in [0.1, 0.15) is 15.9 Å². The van der Waals surface area contributed by atoms with Crippen LogP contribution < -0.4 is 5.32 Å². The molecular weight excluding hydrogens is 335 g/mol. The maximum absolute atomic E-state index is 12.4. The van der Waals surface area contributed by atoms with E-state index in [1.54, 1.807) is 30.3 Å². The van der Waals surface area contributed by atoms with Gasteiger partial charge >= 0.3 is 0 Å². The molecule has 1 aromatic carbocycles. The molecule has 1 aromatic heterocycles. The first kappa shape index (κ1) is 15.8. The lowest BCUT2D eigenvalue weighted by atomic mass is 10.0. The van der Waals surface area contributed by atoms with Gasteiger partial charge in [-0.25, -0.2) is 0 Å². The SMILES string of the molecule is O=C(c1ccccc1)c1ccncc1NC(=O)C(Cl)(Cl)Cl. The number of benzene rings is 1. The van der Waals surface area contributed by atoms with E-state index in [-0.39, 0.29) is 17.0 Å². The van der Waals surface area contributed by atoms with Crippen LogP contribution in [0.5, 0.6) is 0 Å². The Labute approximate surface area is 136 Å². The minimum absolute atomic E-state index is 0.183. The third-order valence-corrected chi connectivity index (χ3v) is 3.12. The average Bonchev–Trinajstić information content (AvgIpc) is 2.47. The molecule has 0 unspecified atom stereocenters. The Balaban J connectivity index is 2.34. The molecule has 0 saturated heterocycles. The first-order chi connectivity index (χ1) is 9.89. The summed E-state index contributed by atoms with van der Waals surface area (Å²) < 4.78 is -2.12. The number of aromatic nitrogens is 1. The molecule has 4 nitrogen and oxygen atoms in total. The number of carbonyl (C=O) groups excluding carboxylic acids is 2. The van der Waals surface area contributed by atoms with Crippen molar-refractivity contribution in [3.8, 4) is 0 Å². The zero-order valence-corrected chi connectivity index (χ0v) is 12.8. The maximum atomic E-state index is 12.4. The second-order valence-corrected chi connectivity index (χ2v) is 6.35. The number of hydrogen-bond acceptors (Lipinski definition) is 3. The van der Waals surface area contributed by atoms with Crippen LogP contribution in [-0.2, 0) is 4.79 Å². The minimum atomic E-state index is -2.12. The van der Waals surface area contributed by atoms with Gasteiger partial charge in [-0.15, -0.1) is 0 Å². The van der Waals surface area contributed by atoms with Crippen LogP contribution >= 0.6 is 34.8 Å². The summed E-state index contributed by atoms with van der Waals surface area (Å²) in [5.74, 6) is -1.12. The Morgan fingerprint density at radius 1 is 1.05 bits per heavy atom. The molecule has 0 atom stereocenters. The fraction of sp³-hybridized carbons (Fsp3) is 0.0714. The van der Waals surface area contributed by atoms with Crippen LogP contribution in [0.4, 0.5) is 5.69 Å². The highest BCUT2D eigenvalue weighted by molar-refractivity contribution is 6.76. The lowest BCUT2D eigenvalue weighted by molar-refractivity contribution is -0.115. The molecule has 0 aliphatic rings. The third kappa shape index (κ3) is 3.94. The van der Waals surface area contributed by atoms with E-state index in [9.17, 15) is 9.59 Å². The van der Waals surface area contributed by atoms with E-state index in [2.05, 4.69) is 10.3 Å². The molecule has 1 amide bonds. The number of rotatable bonds is 3. The van der Waals surface area contributed by atoms with Crippen molar-refractivity contribution in [2.45, 2.75) is 3.79 Å². The molecule has 7 heteroatoms. The standard InChI is InChI=1S/C14H9Cl3N2O2/c15-14(16,17)13(21)19-11-8-18-7-6-10(11)12(20)9-4-2-1-3-5-9/h1-8H,(H,19,21). The lowest BCUT2D eigenvalue weighted by Gasteiger charge is -2.13. The number of amides is 1. The highest BCUT2D eigenvalue weighted by Crippen LogP contribution is 2.28. The summed E-state index contributed by atoms with van der Waals surface area (Å²) in [4.78, 5) is 28.0.